The molecule has 1 fully saturated rings. The lowest BCUT2D eigenvalue weighted by Gasteiger charge is -2.22. The molecule has 0 radical (unpaired) electrons. The van der Waals surface area contributed by atoms with Crippen molar-refractivity contribution in [2.24, 2.45) is 11.3 Å². The summed E-state index contributed by atoms with van der Waals surface area (Å²) in [5.41, 5.74) is -1.72. The molecule has 1 rings (SSSR count). The van der Waals surface area contributed by atoms with Gasteiger partial charge in [-0.15, -0.1) is 0 Å². The summed E-state index contributed by atoms with van der Waals surface area (Å²) in [6.45, 7) is 5.23. The second-order valence-corrected chi connectivity index (χ2v) is 4.49. The van der Waals surface area contributed by atoms with Crippen LogP contribution in [0.3, 0.4) is 0 Å². The van der Waals surface area contributed by atoms with Crippen molar-refractivity contribution in [2.75, 3.05) is 0 Å². The summed E-state index contributed by atoms with van der Waals surface area (Å²) in [6, 6.07) is 0. The molecule has 0 aromatic carbocycles. The van der Waals surface area contributed by atoms with Crippen LogP contribution in [-0.4, -0.2) is 17.5 Å². The van der Waals surface area contributed by atoms with Crippen molar-refractivity contribution in [2.45, 2.75) is 39.2 Å². The van der Waals surface area contributed by atoms with Crippen LogP contribution in [0, 0.1) is 5.41 Å². The van der Waals surface area contributed by atoms with Crippen LogP contribution < -0.4 is 5.90 Å². The Morgan fingerprint density at radius 3 is 2.00 bits per heavy atom. The minimum absolute atomic E-state index is 0.456. The van der Waals surface area contributed by atoms with E-state index in [1.54, 1.807) is 20.8 Å². The van der Waals surface area contributed by atoms with Gasteiger partial charge in [0.05, 0.1) is 0 Å². The quantitative estimate of drug-likeness (QED) is 0.400. The lowest BCUT2D eigenvalue weighted by molar-refractivity contribution is -0.172. The average Bonchev–Trinajstić information content (AvgIpc) is 2.80. The van der Waals surface area contributed by atoms with Gasteiger partial charge >= 0.3 is 11.9 Å². The molecule has 1 aliphatic carbocycles. The number of hydrogen-bond donors (Lipinski definition) is 1. The highest BCUT2D eigenvalue weighted by atomic mass is 16.7. The van der Waals surface area contributed by atoms with Gasteiger partial charge in [0.25, 0.3) is 0 Å². The number of hydrogen-bond acceptors (Lipinski definition) is 5. The van der Waals surface area contributed by atoms with Crippen molar-refractivity contribution in [1.29, 1.82) is 0 Å². The molecule has 0 atom stereocenters. The lowest BCUT2D eigenvalue weighted by Crippen LogP contribution is -2.36. The Balaban J connectivity index is 2.66. The second-order valence-electron chi connectivity index (χ2n) is 4.49. The van der Waals surface area contributed by atoms with Gasteiger partial charge in [-0.2, -0.15) is 5.90 Å². The smallest absolute Gasteiger partial charge is 0.341 e. The molecule has 0 aromatic heterocycles. The normalized spacial score (nSPS) is 18.6. The zero-order valence-electron chi connectivity index (χ0n) is 8.62. The van der Waals surface area contributed by atoms with Crippen LogP contribution in [0.4, 0.5) is 0 Å². The third-order valence-corrected chi connectivity index (χ3v) is 2.04. The van der Waals surface area contributed by atoms with Crippen LogP contribution >= 0.6 is 0 Å². The number of esters is 1. The SMILES string of the molecule is CC(C)(C)OC(=O)C1(C(=O)ON)CC1. The molecule has 5 heteroatoms. The monoisotopic (exact) mass is 201 g/mol. The Morgan fingerprint density at radius 2 is 1.71 bits per heavy atom. The highest BCUT2D eigenvalue weighted by molar-refractivity contribution is 6.03. The molecule has 1 saturated carbocycles. The first-order chi connectivity index (χ1) is 6.32. The van der Waals surface area contributed by atoms with E-state index < -0.39 is 23.0 Å². The van der Waals surface area contributed by atoms with Crippen LogP contribution in [0.2, 0.25) is 0 Å². The van der Waals surface area contributed by atoms with E-state index in [0.29, 0.717) is 12.8 Å². The van der Waals surface area contributed by atoms with Crippen LogP contribution in [0.1, 0.15) is 33.6 Å². The van der Waals surface area contributed by atoms with E-state index in [-0.39, 0.29) is 0 Å². The Hall–Kier alpha value is -1.10. The van der Waals surface area contributed by atoms with E-state index in [4.69, 9.17) is 10.6 Å². The Labute approximate surface area is 82.5 Å². The molecule has 14 heavy (non-hydrogen) atoms. The molecule has 2 N–H and O–H groups in total. The third-order valence-electron chi connectivity index (χ3n) is 2.04. The maximum Gasteiger partial charge on any atom is 0.341 e. The van der Waals surface area contributed by atoms with Gasteiger partial charge in [0.15, 0.2) is 5.41 Å². The molecule has 0 unspecified atom stereocenters. The fraction of sp³-hybridized carbons (Fsp3) is 0.778. The summed E-state index contributed by atoms with van der Waals surface area (Å²) in [7, 11) is 0. The molecule has 0 spiro atoms. The minimum Gasteiger partial charge on any atom is -0.459 e. The fourth-order valence-corrected chi connectivity index (χ4v) is 1.11. The van der Waals surface area contributed by atoms with Crippen LogP contribution in [0.25, 0.3) is 0 Å². The maximum atomic E-state index is 11.6. The van der Waals surface area contributed by atoms with E-state index in [0.717, 1.165) is 0 Å². The lowest BCUT2D eigenvalue weighted by atomic mass is 10.1. The topological polar surface area (TPSA) is 78.6 Å². The fourth-order valence-electron chi connectivity index (χ4n) is 1.11. The summed E-state index contributed by atoms with van der Waals surface area (Å²) >= 11 is 0. The molecular formula is C9H15NO4. The van der Waals surface area contributed by atoms with Crippen LogP contribution in [-0.2, 0) is 19.2 Å². The van der Waals surface area contributed by atoms with Crippen molar-refractivity contribution >= 4 is 11.9 Å². The predicted octanol–water partition coefficient (Wildman–Crippen LogP) is 0.525. The molecule has 5 nitrogen and oxygen atoms in total. The second kappa shape index (κ2) is 3.24. The van der Waals surface area contributed by atoms with Gasteiger partial charge in [-0.1, -0.05) is 0 Å². The number of ether oxygens (including phenoxy) is 1. The van der Waals surface area contributed by atoms with Crippen LogP contribution in [0.15, 0.2) is 0 Å². The summed E-state index contributed by atoms with van der Waals surface area (Å²) in [4.78, 5) is 26.8. The minimum atomic E-state index is -1.12. The number of carbonyl (C=O) groups excluding carboxylic acids is 2. The van der Waals surface area contributed by atoms with E-state index in [1.165, 1.54) is 0 Å². The first-order valence-electron chi connectivity index (χ1n) is 4.46. The van der Waals surface area contributed by atoms with Crippen molar-refractivity contribution in [1.82, 2.24) is 0 Å². The van der Waals surface area contributed by atoms with Crippen molar-refractivity contribution < 1.29 is 19.2 Å². The highest BCUT2D eigenvalue weighted by Gasteiger charge is 2.60. The van der Waals surface area contributed by atoms with Crippen LogP contribution in [0.5, 0.6) is 0 Å². The Morgan fingerprint density at radius 1 is 1.21 bits per heavy atom. The average molecular weight is 201 g/mol. The van der Waals surface area contributed by atoms with Crippen molar-refractivity contribution in [3.05, 3.63) is 0 Å². The van der Waals surface area contributed by atoms with Gasteiger partial charge < -0.3 is 9.57 Å². The van der Waals surface area contributed by atoms with Gasteiger partial charge in [-0.25, -0.2) is 4.79 Å². The Bertz CT molecular complexity index is 262. The molecular weight excluding hydrogens is 186 g/mol. The highest BCUT2D eigenvalue weighted by Crippen LogP contribution is 2.48. The molecule has 0 heterocycles. The molecule has 0 bridgehead atoms. The van der Waals surface area contributed by atoms with E-state index >= 15 is 0 Å². The summed E-state index contributed by atoms with van der Waals surface area (Å²) in [5, 5.41) is 0. The van der Waals surface area contributed by atoms with E-state index in [1.807, 2.05) is 0 Å². The first kappa shape index (κ1) is 11.0. The van der Waals surface area contributed by atoms with Gasteiger partial charge in [0, 0.05) is 0 Å². The van der Waals surface area contributed by atoms with E-state index in [9.17, 15) is 9.59 Å². The largest absolute Gasteiger partial charge is 0.459 e. The molecule has 0 aromatic rings. The zero-order valence-corrected chi connectivity index (χ0v) is 8.62. The van der Waals surface area contributed by atoms with Gasteiger partial charge in [-0.05, 0) is 33.6 Å². The number of nitrogens with two attached hydrogens (primary N) is 1. The standard InChI is InChI=1S/C9H15NO4/c1-8(2,3)13-6(11)9(4-5-9)7(12)14-10/h4-5,10H2,1-3H3. The maximum absolute atomic E-state index is 11.6. The van der Waals surface area contributed by atoms with Crippen molar-refractivity contribution in [3.63, 3.8) is 0 Å². The molecule has 80 valence electrons. The summed E-state index contributed by atoms with van der Waals surface area (Å²) < 4.78 is 5.09. The number of rotatable bonds is 2. The van der Waals surface area contributed by atoms with Gasteiger partial charge in [-0.3, -0.25) is 4.79 Å². The first-order valence-corrected chi connectivity index (χ1v) is 4.46. The molecule has 0 amide bonds. The predicted molar refractivity (Wildman–Crippen MR) is 47.8 cm³/mol. The summed E-state index contributed by atoms with van der Waals surface area (Å²) in [5.74, 6) is 3.50. The van der Waals surface area contributed by atoms with Crippen molar-refractivity contribution in [3.8, 4) is 0 Å². The summed E-state index contributed by atoms with van der Waals surface area (Å²) in [6.07, 6.45) is 0.913. The molecule has 0 saturated heterocycles. The Kier molecular flexibility index (Phi) is 2.54. The van der Waals surface area contributed by atoms with Gasteiger partial charge in [0.1, 0.15) is 5.60 Å². The zero-order chi connectivity index (χ0) is 11.0. The third kappa shape index (κ3) is 2.04. The molecule has 0 aliphatic heterocycles. The van der Waals surface area contributed by atoms with Gasteiger partial charge in [0.2, 0.25) is 0 Å². The molecule has 1 aliphatic rings. The van der Waals surface area contributed by atoms with E-state index in [2.05, 4.69) is 4.84 Å². The number of carbonyl (C=O) groups is 2.